The van der Waals surface area contributed by atoms with Crippen LogP contribution in [0.4, 0.5) is 11.4 Å². The molecule has 4 aromatic rings. The molecule has 1 aliphatic rings. The lowest BCUT2D eigenvalue weighted by molar-refractivity contribution is 0.0947. The lowest BCUT2D eigenvalue weighted by Gasteiger charge is -2.28. The average molecular weight is 506 g/mol. The van der Waals surface area contributed by atoms with Crippen LogP contribution in [-0.2, 0) is 24.1 Å². The van der Waals surface area contributed by atoms with Crippen LogP contribution in [0.15, 0.2) is 79.0 Å². The highest BCUT2D eigenvalue weighted by Gasteiger charge is 2.32. The molecule has 0 unspecified atom stereocenters. The molecule has 0 bridgehead atoms. The van der Waals surface area contributed by atoms with Gasteiger partial charge in [-0.15, -0.1) is 0 Å². The molecule has 0 atom stereocenters. The van der Waals surface area contributed by atoms with Crippen molar-refractivity contribution in [3.05, 3.63) is 113 Å². The molecule has 3 aromatic carbocycles. The van der Waals surface area contributed by atoms with Crippen molar-refractivity contribution in [3.8, 4) is 6.07 Å². The maximum absolute atomic E-state index is 13.5. The van der Waals surface area contributed by atoms with Gasteiger partial charge >= 0.3 is 0 Å². The van der Waals surface area contributed by atoms with Crippen LogP contribution in [0, 0.1) is 11.3 Å². The zero-order chi connectivity index (χ0) is 26.5. The fraction of sp³-hybridized carbons (Fsp3) is 0.200. The van der Waals surface area contributed by atoms with E-state index in [0.29, 0.717) is 30.9 Å². The zero-order valence-electron chi connectivity index (χ0n) is 21.1. The van der Waals surface area contributed by atoms with E-state index in [1.165, 1.54) is 17.3 Å². The molecule has 38 heavy (non-hydrogen) atoms. The SMILES string of the molecule is COCCc1ccc(Cc2ccc(N3CCn4ncc(C(=O)Nc5cccc(C#N)c5)c4C3=O)cc2)cc1. The van der Waals surface area contributed by atoms with E-state index in [-0.39, 0.29) is 17.2 Å². The Bertz CT molecular complexity index is 1500. The molecule has 1 aliphatic heterocycles. The second kappa shape index (κ2) is 11.1. The van der Waals surface area contributed by atoms with Crippen LogP contribution in [0.1, 0.15) is 43.1 Å². The van der Waals surface area contributed by atoms with Crippen LogP contribution in [0.3, 0.4) is 0 Å². The van der Waals surface area contributed by atoms with Crippen molar-refractivity contribution in [2.75, 3.05) is 30.5 Å². The molecular formula is C30H27N5O3. The van der Waals surface area contributed by atoms with E-state index in [9.17, 15) is 9.59 Å². The average Bonchev–Trinajstić information content (AvgIpc) is 3.39. The molecule has 0 saturated carbocycles. The molecule has 0 spiro atoms. The van der Waals surface area contributed by atoms with Gasteiger partial charge in [-0.25, -0.2) is 0 Å². The number of carbonyl (C=O) groups excluding carboxylic acids is 2. The summed E-state index contributed by atoms with van der Waals surface area (Å²) < 4.78 is 6.72. The summed E-state index contributed by atoms with van der Waals surface area (Å²) in [7, 11) is 1.71. The number of anilines is 2. The summed E-state index contributed by atoms with van der Waals surface area (Å²) in [6, 6.07) is 25.2. The monoisotopic (exact) mass is 505 g/mol. The molecule has 0 aliphatic carbocycles. The maximum Gasteiger partial charge on any atom is 0.277 e. The highest BCUT2D eigenvalue weighted by atomic mass is 16.5. The second-order valence-electron chi connectivity index (χ2n) is 9.14. The fourth-order valence-corrected chi connectivity index (χ4v) is 4.56. The van der Waals surface area contributed by atoms with E-state index >= 15 is 0 Å². The molecule has 1 N–H and O–H groups in total. The Morgan fingerprint density at radius 3 is 2.45 bits per heavy atom. The van der Waals surface area contributed by atoms with Crippen LogP contribution < -0.4 is 10.2 Å². The predicted molar refractivity (Wildman–Crippen MR) is 144 cm³/mol. The molecule has 5 rings (SSSR count). The lowest BCUT2D eigenvalue weighted by Crippen LogP contribution is -2.41. The first-order chi connectivity index (χ1) is 18.6. The number of hydrogen-bond donors (Lipinski definition) is 1. The number of nitrogens with one attached hydrogen (secondary N) is 1. The number of nitrogens with zero attached hydrogens (tertiary/aromatic N) is 4. The summed E-state index contributed by atoms with van der Waals surface area (Å²) >= 11 is 0. The molecule has 8 nitrogen and oxygen atoms in total. The van der Waals surface area contributed by atoms with Crippen molar-refractivity contribution in [2.24, 2.45) is 0 Å². The van der Waals surface area contributed by atoms with Crippen LogP contribution in [0.2, 0.25) is 0 Å². The van der Waals surface area contributed by atoms with Gasteiger partial charge in [-0.1, -0.05) is 42.5 Å². The first kappa shape index (κ1) is 24.9. The van der Waals surface area contributed by atoms with Crippen molar-refractivity contribution in [2.45, 2.75) is 19.4 Å². The Morgan fingerprint density at radius 1 is 1.03 bits per heavy atom. The zero-order valence-corrected chi connectivity index (χ0v) is 21.1. The standard InChI is InChI=1S/C30H27N5O3/c1-38-16-13-21-5-7-22(8-6-21)17-23-9-11-26(12-10-23)34-14-15-35-28(30(34)37)27(20-32-35)29(36)33-25-4-2-3-24(18-25)19-31/h2-12,18,20H,13-17H2,1H3,(H,33,36). The highest BCUT2D eigenvalue weighted by molar-refractivity contribution is 6.15. The third-order valence-electron chi connectivity index (χ3n) is 6.59. The quantitative estimate of drug-likeness (QED) is 0.381. The summed E-state index contributed by atoms with van der Waals surface area (Å²) in [5.74, 6) is -0.718. The highest BCUT2D eigenvalue weighted by Crippen LogP contribution is 2.25. The van der Waals surface area contributed by atoms with Crippen molar-refractivity contribution >= 4 is 23.2 Å². The van der Waals surface area contributed by atoms with E-state index in [1.54, 1.807) is 41.0 Å². The minimum Gasteiger partial charge on any atom is -0.384 e. The van der Waals surface area contributed by atoms with Gasteiger partial charge in [0, 0.05) is 25.0 Å². The van der Waals surface area contributed by atoms with E-state index < -0.39 is 5.91 Å². The number of hydrogen-bond acceptors (Lipinski definition) is 5. The van der Waals surface area contributed by atoms with E-state index in [0.717, 1.165) is 24.1 Å². The van der Waals surface area contributed by atoms with E-state index in [2.05, 4.69) is 34.7 Å². The van der Waals surface area contributed by atoms with E-state index in [4.69, 9.17) is 10.00 Å². The number of benzene rings is 3. The normalized spacial score (nSPS) is 12.6. The Labute approximate surface area is 221 Å². The number of methoxy groups -OCH3 is 1. The summed E-state index contributed by atoms with van der Waals surface area (Å²) in [4.78, 5) is 28.2. The number of rotatable bonds is 8. The van der Waals surface area contributed by atoms with Gasteiger partial charge in [0.05, 0.1) is 36.5 Å². The smallest absolute Gasteiger partial charge is 0.277 e. The molecular weight excluding hydrogens is 478 g/mol. The summed E-state index contributed by atoms with van der Waals surface area (Å²) in [6.07, 6.45) is 3.11. The third-order valence-corrected chi connectivity index (χ3v) is 6.59. The van der Waals surface area contributed by atoms with Crippen LogP contribution in [-0.4, -0.2) is 41.9 Å². The largest absolute Gasteiger partial charge is 0.384 e. The Balaban J connectivity index is 1.28. The summed E-state index contributed by atoms with van der Waals surface area (Å²) in [6.45, 7) is 1.65. The fourth-order valence-electron chi connectivity index (χ4n) is 4.56. The van der Waals surface area contributed by atoms with Gasteiger partial charge in [0.25, 0.3) is 11.8 Å². The number of aromatic nitrogens is 2. The second-order valence-corrected chi connectivity index (χ2v) is 9.14. The molecule has 0 radical (unpaired) electrons. The number of nitriles is 1. The molecule has 0 fully saturated rings. The van der Waals surface area contributed by atoms with Gasteiger partial charge < -0.3 is 15.0 Å². The lowest BCUT2D eigenvalue weighted by atomic mass is 10.0. The Morgan fingerprint density at radius 2 is 1.74 bits per heavy atom. The molecule has 2 heterocycles. The minimum absolute atomic E-state index is 0.202. The Hall–Kier alpha value is -4.74. The summed E-state index contributed by atoms with van der Waals surface area (Å²) in [5.41, 5.74) is 5.75. The first-order valence-corrected chi connectivity index (χ1v) is 12.4. The van der Waals surface area contributed by atoms with Crippen molar-refractivity contribution in [3.63, 3.8) is 0 Å². The molecule has 2 amide bonds. The molecule has 8 heteroatoms. The van der Waals surface area contributed by atoms with Crippen LogP contribution in [0.5, 0.6) is 0 Å². The topological polar surface area (TPSA) is 100 Å². The van der Waals surface area contributed by atoms with Crippen molar-refractivity contribution in [1.29, 1.82) is 5.26 Å². The van der Waals surface area contributed by atoms with Gasteiger partial charge in [0.1, 0.15) is 5.69 Å². The molecule has 1 aromatic heterocycles. The van der Waals surface area contributed by atoms with Crippen molar-refractivity contribution < 1.29 is 14.3 Å². The molecule has 190 valence electrons. The van der Waals surface area contributed by atoms with Crippen LogP contribution >= 0.6 is 0 Å². The van der Waals surface area contributed by atoms with Gasteiger partial charge in [0.2, 0.25) is 0 Å². The maximum atomic E-state index is 13.5. The Kier molecular flexibility index (Phi) is 7.29. The summed E-state index contributed by atoms with van der Waals surface area (Å²) in [5, 5.41) is 16.1. The number of carbonyl (C=O) groups is 2. The van der Waals surface area contributed by atoms with Gasteiger partial charge in [-0.05, 0) is 59.9 Å². The first-order valence-electron chi connectivity index (χ1n) is 12.4. The number of amides is 2. The van der Waals surface area contributed by atoms with Gasteiger partial charge in [0.15, 0.2) is 0 Å². The van der Waals surface area contributed by atoms with Crippen molar-refractivity contribution in [1.82, 2.24) is 9.78 Å². The van der Waals surface area contributed by atoms with Gasteiger partial charge in [-0.2, -0.15) is 10.4 Å². The minimum atomic E-state index is -0.444. The van der Waals surface area contributed by atoms with Crippen LogP contribution in [0.25, 0.3) is 0 Å². The predicted octanol–water partition coefficient (Wildman–Crippen LogP) is 4.45. The number of ether oxygens (including phenoxy) is 1. The molecule has 0 saturated heterocycles. The van der Waals surface area contributed by atoms with Gasteiger partial charge in [-0.3, -0.25) is 14.3 Å². The third kappa shape index (κ3) is 5.33. The van der Waals surface area contributed by atoms with E-state index in [1.807, 2.05) is 30.3 Å². The number of fused-ring (bicyclic) bond motifs is 1.